The second-order valence-corrected chi connectivity index (χ2v) is 6.82. The average molecular weight is 359 g/mol. The van der Waals surface area contributed by atoms with Crippen molar-refractivity contribution >= 4 is 22.4 Å². The molecule has 27 heavy (non-hydrogen) atoms. The third-order valence-corrected chi connectivity index (χ3v) is 5.05. The molecule has 5 heteroatoms. The Morgan fingerprint density at radius 2 is 1.93 bits per heavy atom. The van der Waals surface area contributed by atoms with E-state index in [1.807, 2.05) is 19.3 Å². The quantitative estimate of drug-likeness (QED) is 0.555. The first-order valence-electron chi connectivity index (χ1n) is 9.43. The van der Waals surface area contributed by atoms with Crippen molar-refractivity contribution in [1.29, 1.82) is 0 Å². The maximum absolute atomic E-state index is 4.54. The van der Waals surface area contributed by atoms with Crippen LogP contribution in [0.4, 0.5) is 5.69 Å². The van der Waals surface area contributed by atoms with Gasteiger partial charge < -0.3 is 15.5 Å². The van der Waals surface area contributed by atoms with Gasteiger partial charge in [-0.2, -0.15) is 0 Å². The normalized spacial score (nSPS) is 17.3. The Morgan fingerprint density at radius 1 is 1.11 bits per heavy atom. The van der Waals surface area contributed by atoms with Gasteiger partial charge in [-0.3, -0.25) is 9.98 Å². The van der Waals surface area contributed by atoms with Crippen LogP contribution >= 0.6 is 0 Å². The van der Waals surface area contributed by atoms with Crippen molar-refractivity contribution in [2.24, 2.45) is 4.99 Å². The van der Waals surface area contributed by atoms with Crippen LogP contribution in [0, 0.1) is 0 Å². The van der Waals surface area contributed by atoms with E-state index in [9.17, 15) is 0 Å². The number of pyridine rings is 1. The molecule has 1 saturated heterocycles. The lowest BCUT2D eigenvalue weighted by Gasteiger charge is -2.20. The third-order valence-electron chi connectivity index (χ3n) is 5.05. The van der Waals surface area contributed by atoms with Crippen molar-refractivity contribution in [3.8, 4) is 0 Å². The average Bonchev–Trinajstić information content (AvgIpc) is 3.20. The number of hydrogen-bond acceptors (Lipinski definition) is 3. The van der Waals surface area contributed by atoms with E-state index in [1.54, 1.807) is 0 Å². The van der Waals surface area contributed by atoms with Crippen molar-refractivity contribution in [2.75, 3.05) is 25.0 Å². The van der Waals surface area contributed by atoms with E-state index in [4.69, 9.17) is 0 Å². The Kier molecular flexibility index (Phi) is 5.19. The first-order chi connectivity index (χ1) is 13.3. The summed E-state index contributed by atoms with van der Waals surface area (Å²) in [7, 11) is 1.82. The zero-order valence-electron chi connectivity index (χ0n) is 15.6. The summed E-state index contributed by atoms with van der Waals surface area (Å²) in [6.07, 6.45) is 2.96. The summed E-state index contributed by atoms with van der Waals surface area (Å²) in [5.41, 5.74) is 2.32. The molecule has 2 heterocycles. The molecule has 0 bridgehead atoms. The minimum atomic E-state index is 0.386. The van der Waals surface area contributed by atoms with Gasteiger partial charge in [-0.1, -0.05) is 42.5 Å². The van der Waals surface area contributed by atoms with E-state index < -0.39 is 0 Å². The Morgan fingerprint density at radius 3 is 2.78 bits per heavy atom. The largest absolute Gasteiger partial charge is 0.369 e. The first-order valence-corrected chi connectivity index (χ1v) is 9.43. The highest BCUT2D eigenvalue weighted by atomic mass is 15.2. The Labute approximate surface area is 160 Å². The summed E-state index contributed by atoms with van der Waals surface area (Å²) in [5.74, 6) is 0.824. The monoisotopic (exact) mass is 359 g/mol. The number of hydrogen-bond donors (Lipinski definition) is 2. The Hall–Kier alpha value is -3.08. The molecule has 0 saturated carbocycles. The van der Waals surface area contributed by atoms with Gasteiger partial charge in [-0.05, 0) is 30.0 Å². The predicted octanol–water partition coefficient (Wildman–Crippen LogP) is 3.18. The molecule has 1 unspecified atom stereocenters. The van der Waals surface area contributed by atoms with Crippen LogP contribution < -0.4 is 15.5 Å². The Balaban J connectivity index is 1.36. The molecule has 1 aliphatic rings. The van der Waals surface area contributed by atoms with Gasteiger partial charge in [-0.15, -0.1) is 0 Å². The molecule has 2 N–H and O–H groups in total. The molecule has 4 rings (SSSR count). The molecule has 1 atom stereocenters. The minimum Gasteiger partial charge on any atom is -0.369 e. The van der Waals surface area contributed by atoms with Crippen molar-refractivity contribution in [1.82, 2.24) is 15.6 Å². The summed E-state index contributed by atoms with van der Waals surface area (Å²) in [6, 6.07) is 21.3. The molecule has 0 aliphatic carbocycles. The highest BCUT2D eigenvalue weighted by molar-refractivity contribution is 5.85. The van der Waals surface area contributed by atoms with Crippen LogP contribution in [0.5, 0.6) is 0 Å². The number of para-hydroxylation sites is 1. The van der Waals surface area contributed by atoms with Crippen LogP contribution in [0.25, 0.3) is 10.8 Å². The van der Waals surface area contributed by atoms with E-state index in [-0.39, 0.29) is 0 Å². The van der Waals surface area contributed by atoms with Crippen LogP contribution in [0.2, 0.25) is 0 Å². The van der Waals surface area contributed by atoms with Crippen LogP contribution in [0.15, 0.2) is 71.9 Å². The topological polar surface area (TPSA) is 52.6 Å². The van der Waals surface area contributed by atoms with E-state index in [0.717, 1.165) is 31.2 Å². The summed E-state index contributed by atoms with van der Waals surface area (Å²) >= 11 is 0. The van der Waals surface area contributed by atoms with Gasteiger partial charge in [0.25, 0.3) is 0 Å². The fourth-order valence-electron chi connectivity index (χ4n) is 3.63. The molecule has 5 nitrogen and oxygen atoms in total. The number of aliphatic imine (C=N–C) groups is 1. The number of aromatic nitrogens is 1. The number of guanidine groups is 1. The molecule has 2 aromatic carbocycles. The molecular formula is C22H25N5. The van der Waals surface area contributed by atoms with Gasteiger partial charge in [0.15, 0.2) is 5.96 Å². The molecule has 0 spiro atoms. The fraction of sp³-hybridized carbons (Fsp3) is 0.273. The standard InChI is InChI=1S/C22H25N5/c1-23-22(25-15-21-20-10-6-5-7-17(20)11-13-24-21)26-18-12-14-27(16-18)19-8-3-2-4-9-19/h2-11,13,18H,12,14-16H2,1H3,(H2,23,25,26). The number of fused-ring (bicyclic) bond motifs is 1. The number of benzene rings is 2. The number of anilines is 1. The predicted molar refractivity (Wildman–Crippen MR) is 112 cm³/mol. The summed E-state index contributed by atoms with van der Waals surface area (Å²) in [4.78, 5) is 11.3. The lowest BCUT2D eigenvalue weighted by atomic mass is 10.1. The van der Waals surface area contributed by atoms with E-state index in [2.05, 4.69) is 80.1 Å². The molecule has 0 amide bonds. The molecule has 1 fully saturated rings. The van der Waals surface area contributed by atoms with Gasteiger partial charge in [-0.25, -0.2) is 0 Å². The van der Waals surface area contributed by atoms with Gasteiger partial charge in [0.2, 0.25) is 0 Å². The Bertz CT molecular complexity index is 917. The fourth-order valence-corrected chi connectivity index (χ4v) is 3.63. The van der Waals surface area contributed by atoms with Crippen LogP contribution in [0.1, 0.15) is 12.1 Å². The highest BCUT2D eigenvalue weighted by Gasteiger charge is 2.23. The maximum Gasteiger partial charge on any atom is 0.191 e. The molecule has 0 radical (unpaired) electrons. The van der Waals surface area contributed by atoms with Crippen molar-refractivity contribution in [3.63, 3.8) is 0 Å². The summed E-state index contributed by atoms with van der Waals surface area (Å²) in [6.45, 7) is 2.69. The lowest BCUT2D eigenvalue weighted by molar-refractivity contribution is 0.647. The van der Waals surface area contributed by atoms with Crippen LogP contribution in [-0.2, 0) is 6.54 Å². The van der Waals surface area contributed by atoms with Crippen molar-refractivity contribution in [3.05, 3.63) is 72.6 Å². The van der Waals surface area contributed by atoms with Gasteiger partial charge >= 0.3 is 0 Å². The zero-order valence-corrected chi connectivity index (χ0v) is 15.6. The SMILES string of the molecule is CN=C(NCc1nccc2ccccc12)NC1CCN(c2ccccc2)C1. The van der Waals surface area contributed by atoms with Crippen LogP contribution in [0.3, 0.4) is 0 Å². The molecule has 3 aromatic rings. The molecular weight excluding hydrogens is 334 g/mol. The second kappa shape index (κ2) is 8.08. The van der Waals surface area contributed by atoms with Gasteiger partial charge in [0, 0.05) is 43.4 Å². The maximum atomic E-state index is 4.54. The van der Waals surface area contributed by atoms with Crippen molar-refractivity contribution in [2.45, 2.75) is 19.0 Å². The van der Waals surface area contributed by atoms with E-state index >= 15 is 0 Å². The summed E-state index contributed by atoms with van der Waals surface area (Å²) in [5, 5.41) is 9.36. The van der Waals surface area contributed by atoms with Gasteiger partial charge in [0.05, 0.1) is 12.2 Å². The molecule has 1 aromatic heterocycles. The third kappa shape index (κ3) is 4.03. The summed E-state index contributed by atoms with van der Waals surface area (Å²) < 4.78 is 0. The first kappa shape index (κ1) is 17.3. The zero-order chi connectivity index (χ0) is 18.5. The second-order valence-electron chi connectivity index (χ2n) is 6.82. The van der Waals surface area contributed by atoms with E-state index in [0.29, 0.717) is 12.6 Å². The van der Waals surface area contributed by atoms with Crippen LogP contribution in [-0.4, -0.2) is 37.1 Å². The van der Waals surface area contributed by atoms with Gasteiger partial charge in [0.1, 0.15) is 0 Å². The molecule has 1 aliphatic heterocycles. The van der Waals surface area contributed by atoms with E-state index in [1.165, 1.54) is 16.5 Å². The smallest absolute Gasteiger partial charge is 0.191 e. The van der Waals surface area contributed by atoms with Crippen molar-refractivity contribution < 1.29 is 0 Å². The number of rotatable bonds is 4. The molecule has 138 valence electrons. The highest BCUT2D eigenvalue weighted by Crippen LogP contribution is 2.20. The number of nitrogens with zero attached hydrogens (tertiary/aromatic N) is 3. The lowest BCUT2D eigenvalue weighted by Crippen LogP contribution is -2.44. The number of nitrogens with one attached hydrogen (secondary N) is 2. The minimum absolute atomic E-state index is 0.386.